The van der Waals surface area contributed by atoms with Gasteiger partial charge in [0.1, 0.15) is 10.7 Å². The van der Waals surface area contributed by atoms with Crippen molar-refractivity contribution in [3.63, 3.8) is 0 Å². The standard InChI is InChI=1S/C17H23N3OS.ClH/c1-3-14(10-13-8-6-5-7-9-13)20(4-2)17(21)15-12-22-16(11-18)19-15;/h5-9,12,14H,3-4,10-11,18H2,1-2H3;1H. The number of carbonyl (C=O) groups excluding carboxylic acids is 1. The maximum atomic E-state index is 12.7. The van der Waals surface area contributed by atoms with Crippen LogP contribution >= 0.6 is 23.7 Å². The molecule has 0 aliphatic rings. The molecule has 0 fully saturated rings. The number of hydrogen-bond donors (Lipinski definition) is 1. The first-order chi connectivity index (χ1) is 10.7. The van der Waals surface area contributed by atoms with E-state index < -0.39 is 0 Å². The fourth-order valence-electron chi connectivity index (χ4n) is 2.58. The Morgan fingerprint density at radius 3 is 2.52 bits per heavy atom. The minimum atomic E-state index is 0. The van der Waals surface area contributed by atoms with Crippen molar-refractivity contribution in [2.24, 2.45) is 5.73 Å². The highest BCUT2D eigenvalue weighted by Crippen LogP contribution is 2.17. The van der Waals surface area contributed by atoms with Gasteiger partial charge in [-0.2, -0.15) is 0 Å². The topological polar surface area (TPSA) is 59.2 Å². The Bertz CT molecular complexity index is 603. The van der Waals surface area contributed by atoms with Crippen molar-refractivity contribution in [3.05, 3.63) is 52.0 Å². The Morgan fingerprint density at radius 2 is 2.00 bits per heavy atom. The molecular formula is C17H24ClN3OS. The van der Waals surface area contributed by atoms with Gasteiger partial charge in [-0.25, -0.2) is 4.98 Å². The van der Waals surface area contributed by atoms with E-state index >= 15 is 0 Å². The van der Waals surface area contributed by atoms with E-state index in [1.54, 1.807) is 0 Å². The summed E-state index contributed by atoms with van der Waals surface area (Å²) in [6.07, 6.45) is 1.78. The van der Waals surface area contributed by atoms with Crippen molar-refractivity contribution in [2.45, 2.75) is 39.3 Å². The smallest absolute Gasteiger partial charge is 0.273 e. The van der Waals surface area contributed by atoms with E-state index in [-0.39, 0.29) is 24.4 Å². The highest BCUT2D eigenvalue weighted by Gasteiger charge is 2.24. The lowest BCUT2D eigenvalue weighted by Gasteiger charge is -2.30. The first-order valence-electron chi connectivity index (χ1n) is 7.68. The molecule has 0 radical (unpaired) electrons. The molecule has 2 rings (SSSR count). The molecule has 126 valence electrons. The molecule has 1 unspecified atom stereocenters. The number of rotatable bonds is 7. The third kappa shape index (κ3) is 5.03. The Labute approximate surface area is 148 Å². The second-order valence-corrected chi connectivity index (χ2v) is 6.12. The molecule has 6 heteroatoms. The number of benzene rings is 1. The average molecular weight is 354 g/mol. The van der Waals surface area contributed by atoms with Crippen LogP contribution in [-0.4, -0.2) is 28.4 Å². The summed E-state index contributed by atoms with van der Waals surface area (Å²) in [4.78, 5) is 19.0. The van der Waals surface area contributed by atoms with Gasteiger partial charge in [-0.15, -0.1) is 23.7 Å². The second-order valence-electron chi connectivity index (χ2n) is 5.17. The van der Waals surface area contributed by atoms with Gasteiger partial charge in [-0.05, 0) is 25.3 Å². The largest absolute Gasteiger partial charge is 0.334 e. The third-order valence-electron chi connectivity index (χ3n) is 3.77. The highest BCUT2D eigenvalue weighted by atomic mass is 35.5. The molecule has 2 aromatic rings. The van der Waals surface area contributed by atoms with Crippen LogP contribution in [0.25, 0.3) is 0 Å². The van der Waals surface area contributed by atoms with Gasteiger partial charge in [0.05, 0.1) is 0 Å². The minimum absolute atomic E-state index is 0. The van der Waals surface area contributed by atoms with E-state index in [1.807, 2.05) is 35.4 Å². The van der Waals surface area contributed by atoms with Crippen LogP contribution in [0.3, 0.4) is 0 Å². The van der Waals surface area contributed by atoms with Crippen LogP contribution in [-0.2, 0) is 13.0 Å². The van der Waals surface area contributed by atoms with Crippen LogP contribution in [0.5, 0.6) is 0 Å². The summed E-state index contributed by atoms with van der Waals surface area (Å²) in [6.45, 7) is 5.20. The maximum Gasteiger partial charge on any atom is 0.273 e. The summed E-state index contributed by atoms with van der Waals surface area (Å²) in [5.41, 5.74) is 7.35. The zero-order valence-electron chi connectivity index (χ0n) is 13.6. The van der Waals surface area contributed by atoms with Crippen molar-refractivity contribution >= 4 is 29.7 Å². The van der Waals surface area contributed by atoms with E-state index in [9.17, 15) is 4.79 Å². The van der Waals surface area contributed by atoms with Crippen molar-refractivity contribution < 1.29 is 4.79 Å². The summed E-state index contributed by atoms with van der Waals surface area (Å²) in [7, 11) is 0. The summed E-state index contributed by atoms with van der Waals surface area (Å²) in [6, 6.07) is 10.5. The summed E-state index contributed by atoms with van der Waals surface area (Å²) in [5.74, 6) is 0.00114. The fraction of sp³-hybridized carbons (Fsp3) is 0.412. The number of carbonyl (C=O) groups is 1. The Morgan fingerprint density at radius 1 is 1.30 bits per heavy atom. The van der Waals surface area contributed by atoms with Crippen LogP contribution in [0, 0.1) is 0 Å². The minimum Gasteiger partial charge on any atom is -0.334 e. The Hall–Kier alpha value is -1.43. The monoisotopic (exact) mass is 353 g/mol. The van der Waals surface area contributed by atoms with E-state index in [0.29, 0.717) is 18.8 Å². The predicted octanol–water partition coefficient (Wildman–Crippen LogP) is 3.51. The Balaban J connectivity index is 0.00000264. The van der Waals surface area contributed by atoms with E-state index in [0.717, 1.165) is 17.8 Å². The maximum absolute atomic E-state index is 12.7. The van der Waals surface area contributed by atoms with Gasteiger partial charge >= 0.3 is 0 Å². The average Bonchev–Trinajstić information content (AvgIpc) is 3.04. The van der Waals surface area contributed by atoms with Crippen LogP contribution in [0.2, 0.25) is 0 Å². The number of aromatic nitrogens is 1. The molecule has 0 bridgehead atoms. The molecule has 0 saturated carbocycles. The number of halogens is 1. The van der Waals surface area contributed by atoms with Gasteiger partial charge in [0.2, 0.25) is 0 Å². The molecule has 0 aliphatic carbocycles. The van der Waals surface area contributed by atoms with Gasteiger partial charge in [0.25, 0.3) is 5.91 Å². The summed E-state index contributed by atoms with van der Waals surface area (Å²) in [5, 5.41) is 2.61. The van der Waals surface area contributed by atoms with E-state index in [1.165, 1.54) is 16.9 Å². The van der Waals surface area contributed by atoms with Crippen LogP contribution in [0.15, 0.2) is 35.7 Å². The van der Waals surface area contributed by atoms with Gasteiger partial charge in [0.15, 0.2) is 0 Å². The Kier molecular flexibility index (Phi) is 8.23. The molecule has 1 aromatic heterocycles. The second kappa shape index (κ2) is 9.65. The summed E-state index contributed by atoms with van der Waals surface area (Å²) < 4.78 is 0. The molecule has 0 aliphatic heterocycles. The molecule has 1 atom stereocenters. The SMILES string of the molecule is CCC(Cc1ccccc1)N(CC)C(=O)c1csc(CN)n1.Cl. The highest BCUT2D eigenvalue weighted by molar-refractivity contribution is 7.09. The number of likely N-dealkylation sites (N-methyl/N-ethyl adjacent to an activating group) is 1. The lowest BCUT2D eigenvalue weighted by Crippen LogP contribution is -2.41. The zero-order chi connectivity index (χ0) is 15.9. The molecule has 0 saturated heterocycles. The van der Waals surface area contributed by atoms with Crippen molar-refractivity contribution in [3.8, 4) is 0 Å². The quantitative estimate of drug-likeness (QED) is 0.828. The summed E-state index contributed by atoms with van der Waals surface area (Å²) >= 11 is 1.45. The van der Waals surface area contributed by atoms with Crippen molar-refractivity contribution in [1.82, 2.24) is 9.88 Å². The molecule has 0 spiro atoms. The van der Waals surface area contributed by atoms with Crippen LogP contribution < -0.4 is 5.73 Å². The van der Waals surface area contributed by atoms with Gasteiger partial charge in [-0.3, -0.25) is 4.79 Å². The number of amides is 1. The number of hydrogen-bond acceptors (Lipinski definition) is 4. The normalized spacial score (nSPS) is 11.6. The van der Waals surface area contributed by atoms with Crippen LogP contribution in [0.4, 0.5) is 0 Å². The predicted molar refractivity (Wildman–Crippen MR) is 98.2 cm³/mol. The molecule has 1 heterocycles. The number of nitrogens with two attached hydrogens (primary N) is 1. The fourth-order valence-corrected chi connectivity index (χ4v) is 3.23. The lowest BCUT2D eigenvalue weighted by molar-refractivity contribution is 0.0678. The van der Waals surface area contributed by atoms with Gasteiger partial charge < -0.3 is 10.6 Å². The van der Waals surface area contributed by atoms with Gasteiger partial charge in [0, 0.05) is 24.5 Å². The molecule has 2 N–H and O–H groups in total. The molecule has 1 amide bonds. The number of nitrogens with zero attached hydrogens (tertiary/aromatic N) is 2. The van der Waals surface area contributed by atoms with Crippen LogP contribution in [0.1, 0.15) is 41.3 Å². The number of thiazole rings is 1. The lowest BCUT2D eigenvalue weighted by atomic mass is 10.0. The first kappa shape index (κ1) is 19.6. The first-order valence-corrected chi connectivity index (χ1v) is 8.56. The zero-order valence-corrected chi connectivity index (χ0v) is 15.2. The van der Waals surface area contributed by atoms with Gasteiger partial charge in [-0.1, -0.05) is 37.3 Å². The molecule has 23 heavy (non-hydrogen) atoms. The van der Waals surface area contributed by atoms with Crippen molar-refractivity contribution in [1.29, 1.82) is 0 Å². The van der Waals surface area contributed by atoms with E-state index in [4.69, 9.17) is 5.73 Å². The van der Waals surface area contributed by atoms with Crippen molar-refractivity contribution in [2.75, 3.05) is 6.54 Å². The molecule has 4 nitrogen and oxygen atoms in total. The molecular weight excluding hydrogens is 330 g/mol. The van der Waals surface area contributed by atoms with E-state index in [2.05, 4.69) is 24.0 Å². The molecule has 1 aromatic carbocycles. The third-order valence-corrected chi connectivity index (χ3v) is 4.64.